The summed E-state index contributed by atoms with van der Waals surface area (Å²) in [7, 11) is 1.65. The molecule has 3 aromatic heterocycles. The van der Waals surface area contributed by atoms with E-state index in [9.17, 15) is 14.0 Å². The van der Waals surface area contributed by atoms with Gasteiger partial charge in [0.25, 0.3) is 0 Å². The van der Waals surface area contributed by atoms with E-state index in [1.54, 1.807) is 58.4 Å². The summed E-state index contributed by atoms with van der Waals surface area (Å²) < 4.78 is 26.8. The van der Waals surface area contributed by atoms with E-state index in [4.69, 9.17) is 14.5 Å². The monoisotopic (exact) mass is 534 g/mol. The van der Waals surface area contributed by atoms with E-state index in [0.717, 1.165) is 0 Å². The third-order valence-corrected chi connectivity index (χ3v) is 5.41. The Kier molecular flexibility index (Phi) is 7.80. The first-order chi connectivity index (χ1) is 18.4. The molecule has 0 aliphatic carbocycles. The number of hydrogen-bond donors (Lipinski definition) is 2. The van der Waals surface area contributed by atoms with Crippen molar-refractivity contribution in [3.8, 4) is 39.7 Å². The van der Waals surface area contributed by atoms with Gasteiger partial charge in [-0.1, -0.05) is 0 Å². The van der Waals surface area contributed by atoms with Gasteiger partial charge in [0.2, 0.25) is 5.56 Å². The molecule has 0 radical (unpaired) electrons. The average molecular weight is 535 g/mol. The number of amides is 1. The summed E-state index contributed by atoms with van der Waals surface area (Å²) in [4.78, 5) is 33.5. The Morgan fingerprint density at radius 3 is 2.59 bits per heavy atom. The Bertz CT molecular complexity index is 1550. The molecule has 0 bridgehead atoms. The molecule has 1 amide bonds. The zero-order valence-corrected chi connectivity index (χ0v) is 22.7. The number of aromatic nitrogens is 5. The Balaban J connectivity index is 1.78. The number of H-pyrrole nitrogens is 1. The first kappa shape index (κ1) is 27.5. The van der Waals surface area contributed by atoms with Crippen LogP contribution >= 0.6 is 0 Å². The molecule has 2 N–H and O–H groups in total. The fourth-order valence-electron chi connectivity index (χ4n) is 3.75. The Morgan fingerprint density at radius 2 is 1.90 bits per heavy atom. The second-order valence-electron chi connectivity index (χ2n) is 10.3. The lowest BCUT2D eigenvalue weighted by Crippen LogP contribution is -2.32. The summed E-state index contributed by atoms with van der Waals surface area (Å²) in [5.74, 6) is -0.126. The molecule has 10 nitrogen and oxygen atoms in total. The minimum Gasteiger partial charge on any atom is -0.490 e. The van der Waals surface area contributed by atoms with Crippen LogP contribution in [0.3, 0.4) is 0 Å². The van der Waals surface area contributed by atoms with Crippen molar-refractivity contribution in [2.24, 2.45) is 7.05 Å². The largest absolute Gasteiger partial charge is 0.490 e. The fourth-order valence-corrected chi connectivity index (χ4v) is 3.75. The third-order valence-electron chi connectivity index (χ3n) is 5.41. The van der Waals surface area contributed by atoms with Gasteiger partial charge in [-0.3, -0.25) is 14.9 Å². The van der Waals surface area contributed by atoms with Gasteiger partial charge in [-0.15, -0.1) is 0 Å². The van der Waals surface area contributed by atoms with E-state index in [0.29, 0.717) is 45.3 Å². The number of nitrogens with zero attached hydrogens (tertiary/aromatic N) is 4. The number of pyridine rings is 1. The Morgan fingerprint density at radius 1 is 1.13 bits per heavy atom. The molecule has 0 atom stereocenters. The first-order valence-electron chi connectivity index (χ1n) is 12.4. The van der Waals surface area contributed by atoms with Crippen molar-refractivity contribution in [3.05, 3.63) is 70.7 Å². The van der Waals surface area contributed by atoms with E-state index >= 15 is 0 Å². The molecule has 204 valence electrons. The summed E-state index contributed by atoms with van der Waals surface area (Å²) in [6.07, 6.45) is 2.49. The molecule has 0 unspecified atom stereocenters. The maximum Gasteiger partial charge on any atom is 0.407 e. The van der Waals surface area contributed by atoms with Crippen LogP contribution in [0.5, 0.6) is 5.75 Å². The van der Waals surface area contributed by atoms with Crippen LogP contribution in [-0.4, -0.2) is 42.5 Å². The molecular weight excluding hydrogens is 503 g/mol. The van der Waals surface area contributed by atoms with E-state index in [1.165, 1.54) is 22.8 Å². The average Bonchev–Trinajstić information content (AvgIpc) is 3.32. The molecule has 0 saturated carbocycles. The van der Waals surface area contributed by atoms with Gasteiger partial charge in [0.05, 0.1) is 30.2 Å². The number of carbonyl (C=O) groups is 1. The van der Waals surface area contributed by atoms with E-state index in [2.05, 4.69) is 20.5 Å². The van der Waals surface area contributed by atoms with Crippen LogP contribution in [0.15, 0.2) is 53.6 Å². The zero-order valence-electron chi connectivity index (χ0n) is 22.7. The second kappa shape index (κ2) is 11.1. The summed E-state index contributed by atoms with van der Waals surface area (Å²) in [6.45, 7) is 9.19. The number of halogens is 1. The van der Waals surface area contributed by atoms with Crippen LogP contribution in [-0.2, 0) is 18.3 Å². The van der Waals surface area contributed by atoms with Crippen molar-refractivity contribution in [2.45, 2.75) is 52.9 Å². The summed E-state index contributed by atoms with van der Waals surface area (Å²) in [5.41, 5.74) is 2.83. The van der Waals surface area contributed by atoms with Gasteiger partial charge in [0, 0.05) is 36.5 Å². The van der Waals surface area contributed by atoms with Crippen molar-refractivity contribution in [2.75, 3.05) is 0 Å². The molecule has 0 aliphatic rings. The standard InChI is InChI=1S/C28H31FN6O4/c1-16(2)38-23-11-18(29)8-9-20(23)25-26(32-22(14-30-25)17-7-10-24(36)35(6)15-17)21-12-19(33-34-21)13-31-27(37)39-28(3,4)5/h7-12,14-16H,13H2,1-6H3,(H,31,37)(H,33,34). The zero-order chi connectivity index (χ0) is 28.3. The van der Waals surface area contributed by atoms with Crippen molar-refractivity contribution >= 4 is 6.09 Å². The number of benzene rings is 1. The minimum absolute atomic E-state index is 0.142. The maximum atomic E-state index is 14.1. The van der Waals surface area contributed by atoms with Crippen LogP contribution in [0.25, 0.3) is 33.9 Å². The number of ether oxygens (including phenoxy) is 2. The molecule has 3 heterocycles. The molecule has 39 heavy (non-hydrogen) atoms. The third kappa shape index (κ3) is 6.86. The number of hydrogen-bond acceptors (Lipinski definition) is 7. The predicted molar refractivity (Wildman–Crippen MR) is 145 cm³/mol. The van der Waals surface area contributed by atoms with Gasteiger partial charge in [-0.25, -0.2) is 14.2 Å². The minimum atomic E-state index is -0.625. The first-order valence-corrected chi connectivity index (χ1v) is 12.4. The van der Waals surface area contributed by atoms with Gasteiger partial charge in [-0.05, 0) is 58.9 Å². The highest BCUT2D eigenvalue weighted by molar-refractivity contribution is 5.81. The summed E-state index contributed by atoms with van der Waals surface area (Å²) >= 11 is 0. The number of aryl methyl sites for hydroxylation is 1. The molecule has 11 heteroatoms. The van der Waals surface area contributed by atoms with E-state index in [1.807, 2.05) is 13.8 Å². The van der Waals surface area contributed by atoms with Crippen molar-refractivity contribution < 1.29 is 18.7 Å². The predicted octanol–water partition coefficient (Wildman–Crippen LogP) is 4.85. The van der Waals surface area contributed by atoms with Gasteiger partial charge < -0.3 is 19.4 Å². The van der Waals surface area contributed by atoms with Crippen LogP contribution in [0, 0.1) is 5.82 Å². The van der Waals surface area contributed by atoms with Crippen LogP contribution in [0.2, 0.25) is 0 Å². The molecule has 0 saturated heterocycles. The number of nitrogens with one attached hydrogen (secondary N) is 2. The SMILES string of the molecule is CC(C)Oc1cc(F)ccc1-c1ncc(-c2ccc(=O)n(C)c2)nc1-c1cc(CNC(=O)OC(C)(C)C)[nH]n1. The van der Waals surface area contributed by atoms with Crippen LogP contribution < -0.4 is 15.6 Å². The molecule has 4 rings (SSSR count). The molecule has 0 spiro atoms. The van der Waals surface area contributed by atoms with Crippen LogP contribution in [0.1, 0.15) is 40.3 Å². The molecule has 0 aliphatic heterocycles. The topological polar surface area (TPSA) is 124 Å². The van der Waals surface area contributed by atoms with Crippen molar-refractivity contribution in [1.82, 2.24) is 30.0 Å². The van der Waals surface area contributed by atoms with Crippen molar-refractivity contribution in [3.63, 3.8) is 0 Å². The summed E-state index contributed by atoms with van der Waals surface area (Å²) in [6, 6.07) is 9.08. The fraction of sp³-hybridized carbons (Fsp3) is 0.321. The lowest BCUT2D eigenvalue weighted by atomic mass is 10.1. The highest BCUT2D eigenvalue weighted by Crippen LogP contribution is 2.36. The summed E-state index contributed by atoms with van der Waals surface area (Å²) in [5, 5.41) is 10.0. The molecular formula is C28H31FN6O4. The van der Waals surface area contributed by atoms with Gasteiger partial charge in [-0.2, -0.15) is 5.10 Å². The molecule has 1 aromatic carbocycles. The number of alkyl carbamates (subject to hydrolysis) is 1. The van der Waals surface area contributed by atoms with Crippen LogP contribution in [0.4, 0.5) is 9.18 Å². The number of carbonyl (C=O) groups excluding carboxylic acids is 1. The quantitative estimate of drug-likeness (QED) is 0.347. The van der Waals surface area contributed by atoms with E-state index < -0.39 is 17.5 Å². The number of rotatable bonds is 7. The smallest absolute Gasteiger partial charge is 0.407 e. The van der Waals surface area contributed by atoms with Crippen molar-refractivity contribution in [1.29, 1.82) is 0 Å². The van der Waals surface area contributed by atoms with Gasteiger partial charge in [0.1, 0.15) is 34.2 Å². The number of aromatic amines is 1. The second-order valence-corrected chi connectivity index (χ2v) is 10.3. The van der Waals surface area contributed by atoms with Gasteiger partial charge >= 0.3 is 6.09 Å². The maximum absolute atomic E-state index is 14.1. The normalized spacial score (nSPS) is 11.5. The lowest BCUT2D eigenvalue weighted by Gasteiger charge is -2.19. The Hall–Kier alpha value is -4.54. The van der Waals surface area contributed by atoms with Gasteiger partial charge in [0.15, 0.2) is 0 Å². The van der Waals surface area contributed by atoms with E-state index in [-0.39, 0.29) is 18.2 Å². The Labute approximate surface area is 225 Å². The lowest BCUT2D eigenvalue weighted by molar-refractivity contribution is 0.0523. The highest BCUT2D eigenvalue weighted by Gasteiger charge is 2.21. The molecule has 0 fully saturated rings. The highest BCUT2D eigenvalue weighted by atomic mass is 19.1. The molecule has 4 aromatic rings.